The fraction of sp³-hybridized carbons (Fsp3) is 0.263. The molecule has 0 N–H and O–H groups in total. The summed E-state index contributed by atoms with van der Waals surface area (Å²) in [7, 11) is 0. The highest BCUT2D eigenvalue weighted by Gasteiger charge is 2.36. The third-order valence-corrected chi connectivity index (χ3v) is 4.88. The standard InChI is InChI=1S/C19H16BrF3N2O2/c20-14-5-3-4-13(12-14)17(26)24-8-10-25(11-9-24)18(27)15-6-1-2-7-16(15)19(21,22)23/h1-7,12H,8-11H2. The van der Waals surface area contributed by atoms with Gasteiger partial charge in [-0.25, -0.2) is 0 Å². The third kappa shape index (κ3) is 4.32. The van der Waals surface area contributed by atoms with Crippen molar-refractivity contribution in [3.05, 3.63) is 69.7 Å². The summed E-state index contributed by atoms with van der Waals surface area (Å²) in [5.74, 6) is -0.837. The molecule has 0 saturated carbocycles. The van der Waals surface area contributed by atoms with Gasteiger partial charge < -0.3 is 9.80 Å². The second-order valence-corrected chi connectivity index (χ2v) is 7.05. The third-order valence-electron chi connectivity index (χ3n) is 4.39. The van der Waals surface area contributed by atoms with E-state index in [-0.39, 0.29) is 37.6 Å². The molecule has 0 atom stereocenters. The maximum absolute atomic E-state index is 13.1. The van der Waals surface area contributed by atoms with Gasteiger partial charge in [-0.2, -0.15) is 13.2 Å². The van der Waals surface area contributed by atoms with E-state index >= 15 is 0 Å². The summed E-state index contributed by atoms with van der Waals surface area (Å²) in [6.07, 6.45) is -4.59. The second kappa shape index (κ2) is 7.72. The van der Waals surface area contributed by atoms with E-state index in [1.54, 1.807) is 23.1 Å². The second-order valence-electron chi connectivity index (χ2n) is 6.14. The zero-order valence-corrected chi connectivity index (χ0v) is 15.8. The lowest BCUT2D eigenvalue weighted by Crippen LogP contribution is -2.50. The van der Waals surface area contributed by atoms with Gasteiger partial charge in [0, 0.05) is 36.2 Å². The number of hydrogen-bond donors (Lipinski definition) is 0. The Balaban J connectivity index is 1.69. The number of piperazine rings is 1. The molecule has 1 fully saturated rings. The minimum atomic E-state index is -4.59. The summed E-state index contributed by atoms with van der Waals surface area (Å²) in [6.45, 7) is 0.909. The Labute approximate surface area is 162 Å². The Morgan fingerprint density at radius 2 is 1.44 bits per heavy atom. The van der Waals surface area contributed by atoms with Gasteiger partial charge >= 0.3 is 6.18 Å². The van der Waals surface area contributed by atoms with E-state index in [2.05, 4.69) is 15.9 Å². The number of alkyl halides is 3. The molecule has 0 radical (unpaired) electrons. The van der Waals surface area contributed by atoms with Crippen molar-refractivity contribution >= 4 is 27.7 Å². The number of amides is 2. The number of benzene rings is 2. The molecule has 1 saturated heterocycles. The Morgan fingerprint density at radius 1 is 0.852 bits per heavy atom. The van der Waals surface area contributed by atoms with E-state index in [0.29, 0.717) is 5.56 Å². The predicted molar refractivity (Wildman–Crippen MR) is 97.4 cm³/mol. The zero-order chi connectivity index (χ0) is 19.6. The van der Waals surface area contributed by atoms with Crippen LogP contribution in [0, 0.1) is 0 Å². The summed E-state index contributed by atoms with van der Waals surface area (Å²) < 4.78 is 40.2. The molecule has 0 bridgehead atoms. The molecule has 0 aliphatic carbocycles. The predicted octanol–water partition coefficient (Wildman–Crippen LogP) is 4.07. The first-order valence-electron chi connectivity index (χ1n) is 8.28. The van der Waals surface area contributed by atoms with Crippen molar-refractivity contribution in [2.24, 2.45) is 0 Å². The molecule has 4 nitrogen and oxygen atoms in total. The Bertz CT molecular complexity index is 862. The molecule has 0 unspecified atom stereocenters. The van der Waals surface area contributed by atoms with Crippen molar-refractivity contribution in [1.29, 1.82) is 0 Å². The summed E-state index contributed by atoms with van der Waals surface area (Å²) in [4.78, 5) is 28.1. The van der Waals surface area contributed by atoms with Crippen LogP contribution in [0.25, 0.3) is 0 Å². The largest absolute Gasteiger partial charge is 0.417 e. The molecular formula is C19H16BrF3N2O2. The van der Waals surface area contributed by atoms with Crippen molar-refractivity contribution in [3.8, 4) is 0 Å². The molecule has 27 heavy (non-hydrogen) atoms. The molecule has 0 spiro atoms. The smallest absolute Gasteiger partial charge is 0.335 e. The van der Waals surface area contributed by atoms with Gasteiger partial charge in [0.2, 0.25) is 0 Å². The fourth-order valence-corrected chi connectivity index (χ4v) is 3.40. The maximum Gasteiger partial charge on any atom is 0.417 e. The first-order valence-corrected chi connectivity index (χ1v) is 9.07. The van der Waals surface area contributed by atoms with Crippen LogP contribution in [0.3, 0.4) is 0 Å². The lowest BCUT2D eigenvalue weighted by molar-refractivity contribution is -0.138. The Morgan fingerprint density at radius 3 is 2.04 bits per heavy atom. The van der Waals surface area contributed by atoms with E-state index in [4.69, 9.17) is 0 Å². The van der Waals surface area contributed by atoms with Gasteiger partial charge in [0.15, 0.2) is 0 Å². The number of rotatable bonds is 2. The van der Waals surface area contributed by atoms with E-state index in [1.807, 2.05) is 6.07 Å². The van der Waals surface area contributed by atoms with Crippen LogP contribution in [0.5, 0.6) is 0 Å². The van der Waals surface area contributed by atoms with Crippen LogP contribution in [0.15, 0.2) is 53.0 Å². The maximum atomic E-state index is 13.1. The van der Waals surface area contributed by atoms with Crippen LogP contribution < -0.4 is 0 Å². The number of nitrogens with zero attached hydrogens (tertiary/aromatic N) is 2. The van der Waals surface area contributed by atoms with E-state index in [0.717, 1.165) is 10.5 Å². The first kappa shape index (κ1) is 19.4. The highest BCUT2D eigenvalue weighted by atomic mass is 79.9. The average molecular weight is 441 g/mol. The van der Waals surface area contributed by atoms with Crippen molar-refractivity contribution in [2.75, 3.05) is 26.2 Å². The quantitative estimate of drug-likeness (QED) is 0.706. The number of carbonyl (C=O) groups excluding carboxylic acids is 2. The van der Waals surface area contributed by atoms with Crippen molar-refractivity contribution < 1.29 is 22.8 Å². The molecule has 2 amide bonds. The van der Waals surface area contributed by atoms with E-state index in [1.165, 1.54) is 23.1 Å². The summed E-state index contributed by atoms with van der Waals surface area (Å²) >= 11 is 3.32. The zero-order valence-electron chi connectivity index (χ0n) is 14.2. The first-order chi connectivity index (χ1) is 12.8. The Hall–Kier alpha value is -2.35. The highest BCUT2D eigenvalue weighted by Crippen LogP contribution is 2.32. The molecule has 2 aromatic carbocycles. The monoisotopic (exact) mass is 440 g/mol. The minimum absolute atomic E-state index is 0.168. The number of carbonyl (C=O) groups is 2. The summed E-state index contributed by atoms with van der Waals surface area (Å²) in [6, 6.07) is 11.7. The van der Waals surface area contributed by atoms with Crippen LogP contribution in [-0.2, 0) is 6.18 Å². The lowest BCUT2D eigenvalue weighted by Gasteiger charge is -2.35. The lowest BCUT2D eigenvalue weighted by atomic mass is 10.1. The average Bonchev–Trinajstić information content (AvgIpc) is 2.66. The van der Waals surface area contributed by atoms with Crippen LogP contribution in [-0.4, -0.2) is 47.8 Å². The molecule has 1 aliphatic rings. The van der Waals surface area contributed by atoms with Crippen molar-refractivity contribution in [2.45, 2.75) is 6.18 Å². The van der Waals surface area contributed by atoms with Gasteiger partial charge in [-0.05, 0) is 30.3 Å². The Kier molecular flexibility index (Phi) is 5.55. The minimum Gasteiger partial charge on any atom is -0.335 e. The normalized spacial score (nSPS) is 15.0. The summed E-state index contributed by atoms with van der Waals surface area (Å²) in [5.41, 5.74) is -0.786. The van der Waals surface area contributed by atoms with Crippen molar-refractivity contribution in [3.63, 3.8) is 0 Å². The van der Waals surface area contributed by atoms with Crippen LogP contribution in [0.4, 0.5) is 13.2 Å². The van der Waals surface area contributed by atoms with E-state index in [9.17, 15) is 22.8 Å². The molecule has 1 aliphatic heterocycles. The molecule has 1 heterocycles. The number of hydrogen-bond acceptors (Lipinski definition) is 2. The molecule has 3 rings (SSSR count). The fourth-order valence-electron chi connectivity index (χ4n) is 3.00. The summed E-state index contributed by atoms with van der Waals surface area (Å²) in [5, 5.41) is 0. The molecular weight excluding hydrogens is 425 g/mol. The van der Waals surface area contributed by atoms with Crippen LogP contribution in [0.2, 0.25) is 0 Å². The van der Waals surface area contributed by atoms with Gasteiger partial charge in [-0.15, -0.1) is 0 Å². The molecule has 8 heteroatoms. The highest BCUT2D eigenvalue weighted by molar-refractivity contribution is 9.10. The van der Waals surface area contributed by atoms with Crippen LogP contribution >= 0.6 is 15.9 Å². The molecule has 0 aromatic heterocycles. The van der Waals surface area contributed by atoms with Crippen molar-refractivity contribution in [1.82, 2.24) is 9.80 Å². The molecule has 142 valence electrons. The molecule has 2 aromatic rings. The van der Waals surface area contributed by atoms with Gasteiger partial charge in [-0.1, -0.05) is 34.1 Å². The topological polar surface area (TPSA) is 40.6 Å². The van der Waals surface area contributed by atoms with Gasteiger partial charge in [-0.3, -0.25) is 9.59 Å². The van der Waals surface area contributed by atoms with Gasteiger partial charge in [0.25, 0.3) is 11.8 Å². The SMILES string of the molecule is O=C(c1cccc(Br)c1)N1CCN(C(=O)c2ccccc2C(F)(F)F)CC1. The van der Waals surface area contributed by atoms with Gasteiger partial charge in [0.05, 0.1) is 11.1 Å². The van der Waals surface area contributed by atoms with Gasteiger partial charge in [0.1, 0.15) is 0 Å². The van der Waals surface area contributed by atoms with E-state index < -0.39 is 17.6 Å². The number of halogens is 4. The van der Waals surface area contributed by atoms with Crippen LogP contribution in [0.1, 0.15) is 26.3 Å².